The molecule has 24 heavy (non-hydrogen) atoms. The molecule has 6 nitrogen and oxygen atoms in total. The molecule has 1 saturated carbocycles. The van der Waals surface area contributed by atoms with Crippen LogP contribution in [-0.4, -0.2) is 37.2 Å². The number of methoxy groups -OCH3 is 2. The minimum atomic E-state index is -0.765. The zero-order valence-electron chi connectivity index (χ0n) is 14.2. The van der Waals surface area contributed by atoms with Gasteiger partial charge in [-0.05, 0) is 43.7 Å². The van der Waals surface area contributed by atoms with Crippen LogP contribution in [0.3, 0.4) is 0 Å². The Morgan fingerprint density at radius 3 is 2.67 bits per heavy atom. The average molecular weight is 335 g/mol. The van der Waals surface area contributed by atoms with Crippen molar-refractivity contribution in [3.05, 3.63) is 23.8 Å². The maximum Gasteiger partial charge on any atom is 0.306 e. The zero-order valence-corrected chi connectivity index (χ0v) is 14.2. The lowest BCUT2D eigenvalue weighted by Crippen LogP contribution is -2.33. The van der Waals surface area contributed by atoms with Gasteiger partial charge in [0, 0.05) is 18.5 Å². The number of amides is 1. The van der Waals surface area contributed by atoms with Crippen LogP contribution in [0.25, 0.3) is 0 Å². The van der Waals surface area contributed by atoms with Crippen LogP contribution < -0.4 is 14.8 Å². The first kappa shape index (κ1) is 18.1. The summed E-state index contributed by atoms with van der Waals surface area (Å²) in [5, 5.41) is 11.9. The molecule has 2 atom stereocenters. The van der Waals surface area contributed by atoms with E-state index < -0.39 is 5.97 Å². The molecule has 1 amide bonds. The van der Waals surface area contributed by atoms with Crippen LogP contribution in [0.5, 0.6) is 11.5 Å². The number of carboxylic acid groups (broad SMARTS) is 1. The van der Waals surface area contributed by atoms with Crippen molar-refractivity contribution in [2.45, 2.75) is 44.6 Å². The first-order chi connectivity index (χ1) is 11.5. The normalized spacial score (nSPS) is 19.8. The Hall–Kier alpha value is -2.24. The van der Waals surface area contributed by atoms with Crippen molar-refractivity contribution in [3.63, 3.8) is 0 Å². The predicted molar refractivity (Wildman–Crippen MR) is 89.4 cm³/mol. The third kappa shape index (κ3) is 4.88. The standard InChI is InChI=1S/C18H25NO5/c1-23-15-9-7-12(16(11-15)24-2)4-3-5-17(20)19-14-8-6-13(10-14)18(21)22/h7,9,11,13-14H,3-6,8,10H2,1-2H3,(H,19,20)(H,21,22)/t13-,14+/m1/s1. The Balaban J connectivity index is 1.76. The molecular weight excluding hydrogens is 310 g/mol. The lowest BCUT2D eigenvalue weighted by molar-refractivity contribution is -0.141. The molecule has 1 aliphatic carbocycles. The Morgan fingerprint density at radius 2 is 2.04 bits per heavy atom. The molecule has 0 bridgehead atoms. The fourth-order valence-corrected chi connectivity index (χ4v) is 3.13. The van der Waals surface area contributed by atoms with Crippen molar-refractivity contribution < 1.29 is 24.2 Å². The summed E-state index contributed by atoms with van der Waals surface area (Å²) in [4.78, 5) is 22.9. The van der Waals surface area contributed by atoms with Gasteiger partial charge >= 0.3 is 5.97 Å². The fourth-order valence-electron chi connectivity index (χ4n) is 3.13. The number of hydrogen-bond acceptors (Lipinski definition) is 4. The lowest BCUT2D eigenvalue weighted by atomic mass is 10.1. The topological polar surface area (TPSA) is 84.9 Å². The molecule has 1 aliphatic rings. The SMILES string of the molecule is COc1ccc(CCCC(=O)N[C@H]2CC[C@@H](C(=O)O)C2)c(OC)c1. The van der Waals surface area contributed by atoms with E-state index in [0.717, 1.165) is 29.9 Å². The first-order valence-electron chi connectivity index (χ1n) is 8.26. The smallest absolute Gasteiger partial charge is 0.306 e. The van der Waals surface area contributed by atoms with Gasteiger partial charge in [0.05, 0.1) is 20.1 Å². The van der Waals surface area contributed by atoms with E-state index in [1.54, 1.807) is 14.2 Å². The molecule has 132 valence electrons. The van der Waals surface area contributed by atoms with E-state index in [4.69, 9.17) is 14.6 Å². The minimum Gasteiger partial charge on any atom is -0.497 e. The van der Waals surface area contributed by atoms with Gasteiger partial charge in [-0.15, -0.1) is 0 Å². The third-order valence-electron chi connectivity index (χ3n) is 4.49. The molecule has 2 N–H and O–H groups in total. The van der Waals surface area contributed by atoms with E-state index in [2.05, 4.69) is 5.32 Å². The molecule has 0 saturated heterocycles. The van der Waals surface area contributed by atoms with E-state index >= 15 is 0 Å². The molecule has 6 heteroatoms. The van der Waals surface area contributed by atoms with Crippen LogP contribution in [-0.2, 0) is 16.0 Å². The Bertz CT molecular complexity index is 587. The maximum atomic E-state index is 12.0. The quantitative estimate of drug-likeness (QED) is 0.762. The molecule has 0 radical (unpaired) electrons. The molecule has 0 aromatic heterocycles. The van der Waals surface area contributed by atoms with Crippen LogP contribution in [0, 0.1) is 5.92 Å². The first-order valence-corrected chi connectivity index (χ1v) is 8.26. The van der Waals surface area contributed by atoms with Gasteiger partial charge in [-0.2, -0.15) is 0 Å². The number of hydrogen-bond donors (Lipinski definition) is 2. The summed E-state index contributed by atoms with van der Waals surface area (Å²) < 4.78 is 10.5. The highest BCUT2D eigenvalue weighted by molar-refractivity contribution is 5.76. The summed E-state index contributed by atoms with van der Waals surface area (Å²) in [7, 11) is 3.22. The van der Waals surface area contributed by atoms with Crippen LogP contribution in [0.4, 0.5) is 0 Å². The highest BCUT2D eigenvalue weighted by Crippen LogP contribution is 2.27. The van der Waals surface area contributed by atoms with Crippen LogP contribution in [0.2, 0.25) is 0 Å². The lowest BCUT2D eigenvalue weighted by Gasteiger charge is -2.13. The van der Waals surface area contributed by atoms with Gasteiger partial charge in [0.1, 0.15) is 11.5 Å². The molecule has 1 aromatic carbocycles. The number of carboxylic acids is 1. The number of ether oxygens (including phenoxy) is 2. The summed E-state index contributed by atoms with van der Waals surface area (Å²) >= 11 is 0. The van der Waals surface area contributed by atoms with Gasteiger partial charge in [0.15, 0.2) is 0 Å². The molecular formula is C18H25NO5. The van der Waals surface area contributed by atoms with Crippen molar-refractivity contribution in [3.8, 4) is 11.5 Å². The second kappa shape index (κ2) is 8.57. The molecule has 0 spiro atoms. The number of aryl methyl sites for hydroxylation is 1. The number of aliphatic carboxylic acids is 1. The number of nitrogens with one attached hydrogen (secondary N) is 1. The van der Waals surface area contributed by atoms with Gasteiger partial charge in [-0.3, -0.25) is 9.59 Å². The Morgan fingerprint density at radius 1 is 1.25 bits per heavy atom. The molecule has 0 unspecified atom stereocenters. The van der Waals surface area contributed by atoms with Gasteiger partial charge < -0.3 is 19.9 Å². The van der Waals surface area contributed by atoms with Crippen molar-refractivity contribution >= 4 is 11.9 Å². The summed E-state index contributed by atoms with van der Waals surface area (Å²) in [6, 6.07) is 5.65. The van der Waals surface area contributed by atoms with Crippen LogP contribution in [0.15, 0.2) is 18.2 Å². The number of benzene rings is 1. The number of rotatable bonds is 8. The van der Waals surface area contributed by atoms with Crippen LogP contribution in [0.1, 0.15) is 37.7 Å². The number of carbonyl (C=O) groups is 2. The van der Waals surface area contributed by atoms with E-state index in [1.807, 2.05) is 18.2 Å². The number of carbonyl (C=O) groups excluding carboxylic acids is 1. The Kier molecular flexibility index (Phi) is 6.46. The summed E-state index contributed by atoms with van der Waals surface area (Å²) in [6.07, 6.45) is 3.79. The highest BCUT2D eigenvalue weighted by Gasteiger charge is 2.30. The minimum absolute atomic E-state index is 0.00544. The highest BCUT2D eigenvalue weighted by atomic mass is 16.5. The van der Waals surface area contributed by atoms with E-state index in [1.165, 1.54) is 0 Å². The Labute approximate surface area is 142 Å². The second-order valence-electron chi connectivity index (χ2n) is 6.14. The van der Waals surface area contributed by atoms with E-state index in [0.29, 0.717) is 25.7 Å². The summed E-state index contributed by atoms with van der Waals surface area (Å²) in [6.45, 7) is 0. The van der Waals surface area contributed by atoms with Gasteiger partial charge in [0.25, 0.3) is 0 Å². The van der Waals surface area contributed by atoms with Crippen molar-refractivity contribution in [1.29, 1.82) is 0 Å². The largest absolute Gasteiger partial charge is 0.497 e. The summed E-state index contributed by atoms with van der Waals surface area (Å²) in [5.74, 6) is 0.396. The molecule has 1 aromatic rings. The monoisotopic (exact) mass is 335 g/mol. The van der Waals surface area contributed by atoms with Gasteiger partial charge in [-0.25, -0.2) is 0 Å². The van der Waals surface area contributed by atoms with Crippen LogP contribution >= 0.6 is 0 Å². The summed E-state index contributed by atoms with van der Waals surface area (Å²) in [5.41, 5.74) is 1.04. The van der Waals surface area contributed by atoms with Gasteiger partial charge in [0.2, 0.25) is 5.91 Å². The molecule has 2 rings (SSSR count). The van der Waals surface area contributed by atoms with E-state index in [9.17, 15) is 9.59 Å². The van der Waals surface area contributed by atoms with Crippen molar-refractivity contribution in [2.24, 2.45) is 5.92 Å². The van der Waals surface area contributed by atoms with E-state index in [-0.39, 0.29) is 17.9 Å². The maximum absolute atomic E-state index is 12.0. The predicted octanol–water partition coefficient (Wildman–Crippen LogP) is 2.40. The molecule has 0 aliphatic heterocycles. The zero-order chi connectivity index (χ0) is 17.5. The van der Waals surface area contributed by atoms with Gasteiger partial charge in [-0.1, -0.05) is 6.07 Å². The molecule has 0 heterocycles. The third-order valence-corrected chi connectivity index (χ3v) is 4.49. The fraction of sp³-hybridized carbons (Fsp3) is 0.556. The average Bonchev–Trinajstić information content (AvgIpc) is 3.03. The van der Waals surface area contributed by atoms with Crippen molar-refractivity contribution in [1.82, 2.24) is 5.32 Å². The van der Waals surface area contributed by atoms with Crippen molar-refractivity contribution in [2.75, 3.05) is 14.2 Å². The molecule has 1 fully saturated rings. The second-order valence-corrected chi connectivity index (χ2v) is 6.14.